The zero-order chi connectivity index (χ0) is 25.8. The van der Waals surface area contributed by atoms with Crippen LogP contribution in [0.25, 0.3) is 10.9 Å². The molecule has 3 aromatic rings. The average molecular weight is 619 g/mol. The van der Waals surface area contributed by atoms with Gasteiger partial charge in [0.05, 0.1) is 22.5 Å². The van der Waals surface area contributed by atoms with Crippen LogP contribution in [-0.4, -0.2) is 52.7 Å². The predicted octanol–water partition coefficient (Wildman–Crippen LogP) is 6.04. The Labute approximate surface area is 229 Å². The molecule has 1 N–H and O–H groups in total. The maximum absolute atomic E-state index is 13.6. The van der Waals surface area contributed by atoms with Gasteiger partial charge in [0, 0.05) is 67.3 Å². The molecule has 3 fully saturated rings. The first-order valence-corrected chi connectivity index (χ1v) is 14.2. The van der Waals surface area contributed by atoms with E-state index in [2.05, 4.69) is 44.0 Å². The molecule has 9 heteroatoms. The van der Waals surface area contributed by atoms with Crippen LogP contribution in [-0.2, 0) is 13.6 Å². The van der Waals surface area contributed by atoms with E-state index >= 15 is 0 Å². The van der Waals surface area contributed by atoms with Gasteiger partial charge in [-0.15, -0.1) is 0 Å². The first-order chi connectivity index (χ1) is 17.7. The van der Waals surface area contributed by atoms with Crippen LogP contribution in [0.1, 0.15) is 54.6 Å². The number of nitrogens with zero attached hydrogens (tertiary/aromatic N) is 4. The lowest BCUT2D eigenvalue weighted by Crippen LogP contribution is -2.38. The third kappa shape index (κ3) is 5.21. The minimum Gasteiger partial charge on any atom is -0.371 e. The van der Waals surface area contributed by atoms with Gasteiger partial charge in [-0.25, -0.2) is 8.78 Å². The van der Waals surface area contributed by atoms with Gasteiger partial charge in [0.2, 0.25) is 0 Å². The van der Waals surface area contributed by atoms with E-state index in [1.165, 1.54) is 25.7 Å². The zero-order valence-corrected chi connectivity index (χ0v) is 23.2. The Morgan fingerprint density at radius 3 is 2.43 bits per heavy atom. The summed E-state index contributed by atoms with van der Waals surface area (Å²) in [5.74, 6) is -2.69. The number of halogens is 3. The summed E-state index contributed by atoms with van der Waals surface area (Å²) in [4.78, 5) is 17.9. The molecule has 1 aliphatic carbocycles. The highest BCUT2D eigenvalue weighted by atomic mass is 127. The first kappa shape index (κ1) is 25.0. The predicted molar refractivity (Wildman–Crippen MR) is 150 cm³/mol. The Morgan fingerprint density at radius 2 is 1.73 bits per heavy atom. The van der Waals surface area contributed by atoms with Crippen molar-refractivity contribution >= 4 is 50.8 Å². The number of rotatable bonds is 5. The van der Waals surface area contributed by atoms with Crippen LogP contribution in [0.5, 0.6) is 0 Å². The third-order valence-electron chi connectivity index (χ3n) is 8.47. The van der Waals surface area contributed by atoms with Crippen LogP contribution >= 0.6 is 22.6 Å². The van der Waals surface area contributed by atoms with Gasteiger partial charge in [0.15, 0.2) is 0 Å². The molecular formula is C28H32F2IN5O. The Balaban J connectivity index is 1.21. The summed E-state index contributed by atoms with van der Waals surface area (Å²) < 4.78 is 30.1. The molecule has 0 unspecified atom stereocenters. The van der Waals surface area contributed by atoms with Crippen LogP contribution < -0.4 is 10.2 Å². The van der Waals surface area contributed by atoms with Crippen molar-refractivity contribution in [3.8, 4) is 0 Å². The molecule has 1 amide bonds. The topological polar surface area (TPSA) is 53.4 Å². The number of fused-ring (bicyclic) bond motifs is 1. The minimum atomic E-state index is -2.57. The van der Waals surface area contributed by atoms with Gasteiger partial charge >= 0.3 is 0 Å². The molecular weight excluding hydrogens is 587 g/mol. The largest absolute Gasteiger partial charge is 0.371 e. The normalized spacial score (nSPS) is 20.9. The molecule has 3 aliphatic rings. The van der Waals surface area contributed by atoms with Crippen molar-refractivity contribution in [3.05, 3.63) is 51.2 Å². The van der Waals surface area contributed by atoms with E-state index in [4.69, 9.17) is 0 Å². The number of likely N-dealkylation sites (tertiary alicyclic amines) is 1. The molecule has 1 saturated carbocycles. The summed E-state index contributed by atoms with van der Waals surface area (Å²) in [7, 11) is 1.89. The highest BCUT2D eigenvalue weighted by Crippen LogP contribution is 2.54. The lowest BCUT2D eigenvalue weighted by molar-refractivity contribution is -0.0568. The number of hydrogen-bond donors (Lipinski definition) is 1. The molecule has 2 aromatic carbocycles. The number of carbonyl (C=O) groups is 1. The van der Waals surface area contributed by atoms with Gasteiger partial charge in [-0.05, 0) is 90.1 Å². The summed E-state index contributed by atoms with van der Waals surface area (Å²) in [6.45, 7) is 3.22. The molecule has 37 heavy (non-hydrogen) atoms. The van der Waals surface area contributed by atoms with Gasteiger partial charge < -0.3 is 10.2 Å². The second-order valence-corrected chi connectivity index (χ2v) is 12.3. The van der Waals surface area contributed by atoms with Crippen LogP contribution in [0, 0.1) is 8.99 Å². The molecule has 6 nitrogen and oxygen atoms in total. The van der Waals surface area contributed by atoms with Crippen molar-refractivity contribution in [1.29, 1.82) is 0 Å². The molecule has 2 aliphatic heterocycles. The number of benzene rings is 2. The van der Waals surface area contributed by atoms with Crippen molar-refractivity contribution in [2.75, 3.05) is 36.4 Å². The van der Waals surface area contributed by atoms with Crippen LogP contribution in [0.2, 0.25) is 0 Å². The highest BCUT2D eigenvalue weighted by Gasteiger charge is 2.44. The molecule has 1 aromatic heterocycles. The van der Waals surface area contributed by atoms with E-state index in [1.54, 1.807) is 0 Å². The number of piperidine rings is 2. The van der Waals surface area contributed by atoms with Crippen LogP contribution in [0.3, 0.4) is 0 Å². The number of anilines is 2. The molecule has 3 heterocycles. The smallest absolute Gasteiger partial charge is 0.257 e. The van der Waals surface area contributed by atoms with Gasteiger partial charge in [-0.3, -0.25) is 14.4 Å². The lowest BCUT2D eigenvalue weighted by atomic mass is 9.93. The number of nitrogens with one attached hydrogen (secondary N) is 1. The fourth-order valence-electron chi connectivity index (χ4n) is 5.84. The van der Waals surface area contributed by atoms with Crippen LogP contribution in [0.4, 0.5) is 20.2 Å². The van der Waals surface area contributed by atoms with Crippen molar-refractivity contribution in [3.63, 3.8) is 0 Å². The molecule has 196 valence electrons. The molecule has 0 bridgehead atoms. The van der Waals surface area contributed by atoms with Gasteiger partial charge in [-0.2, -0.15) is 5.10 Å². The summed E-state index contributed by atoms with van der Waals surface area (Å²) in [5, 5.41) is 8.71. The Morgan fingerprint density at radius 1 is 1.00 bits per heavy atom. The molecule has 2 saturated heterocycles. The van der Waals surface area contributed by atoms with E-state index in [-0.39, 0.29) is 18.7 Å². The summed E-state index contributed by atoms with van der Waals surface area (Å²) >= 11 is 2.31. The van der Waals surface area contributed by atoms with Crippen LogP contribution in [0.15, 0.2) is 36.4 Å². The van der Waals surface area contributed by atoms with Crippen molar-refractivity contribution < 1.29 is 13.6 Å². The van der Waals surface area contributed by atoms with Crippen molar-refractivity contribution in [2.45, 2.75) is 51.0 Å². The Bertz CT molecular complexity index is 1330. The molecule has 1 spiro atoms. The third-order valence-corrected chi connectivity index (χ3v) is 9.14. The second-order valence-electron chi connectivity index (χ2n) is 11.0. The van der Waals surface area contributed by atoms with E-state index in [0.717, 1.165) is 38.9 Å². The quantitative estimate of drug-likeness (QED) is 0.354. The van der Waals surface area contributed by atoms with Crippen molar-refractivity contribution in [2.24, 2.45) is 12.5 Å². The number of amides is 1. The van der Waals surface area contributed by atoms with E-state index in [9.17, 15) is 13.6 Å². The number of aryl methyl sites for hydroxylation is 1. The molecule has 0 radical (unpaired) electrons. The van der Waals surface area contributed by atoms with Gasteiger partial charge in [0.1, 0.15) is 0 Å². The van der Waals surface area contributed by atoms with E-state index in [0.29, 0.717) is 36.3 Å². The number of hydrogen-bond acceptors (Lipinski definition) is 4. The summed E-state index contributed by atoms with van der Waals surface area (Å²) in [6.07, 6.45) is 4.88. The number of aromatic nitrogens is 2. The van der Waals surface area contributed by atoms with E-state index in [1.807, 2.05) is 47.0 Å². The Kier molecular flexibility index (Phi) is 6.42. The maximum Gasteiger partial charge on any atom is 0.257 e. The standard InChI is InChI=1S/C28H32F2IN5O/c1-34-24-5-3-20(17-22(24)23(33-34)18-35-12-10-28(29,30)11-13-35)32-26(37)21-4-2-19(31)16-25(21)36-14-8-27(6-7-27)9-15-36/h2-5,16-17H,6-15,18H2,1H3,(H,32,37). The monoisotopic (exact) mass is 619 g/mol. The fourth-order valence-corrected chi connectivity index (χ4v) is 6.31. The van der Waals surface area contributed by atoms with Crippen molar-refractivity contribution in [1.82, 2.24) is 14.7 Å². The fraction of sp³-hybridized carbons (Fsp3) is 0.500. The lowest BCUT2D eigenvalue weighted by Gasteiger charge is -2.35. The first-order valence-electron chi connectivity index (χ1n) is 13.1. The SMILES string of the molecule is Cn1nc(CN2CCC(F)(F)CC2)c2cc(NC(=O)c3ccc(I)cc3N3CCC4(CC3)CC4)ccc21. The zero-order valence-electron chi connectivity index (χ0n) is 21.1. The van der Waals surface area contributed by atoms with Gasteiger partial charge in [-0.1, -0.05) is 0 Å². The highest BCUT2D eigenvalue weighted by molar-refractivity contribution is 14.1. The maximum atomic E-state index is 13.6. The Hall–Kier alpha value is -2.27. The number of alkyl halides is 2. The summed E-state index contributed by atoms with van der Waals surface area (Å²) in [5.41, 5.74) is 4.77. The average Bonchev–Trinajstić information content (AvgIpc) is 3.56. The molecule has 0 atom stereocenters. The minimum absolute atomic E-state index is 0.116. The van der Waals surface area contributed by atoms with Gasteiger partial charge in [0.25, 0.3) is 11.8 Å². The van der Waals surface area contributed by atoms with E-state index < -0.39 is 5.92 Å². The second kappa shape index (κ2) is 9.48. The molecule has 6 rings (SSSR count). The summed E-state index contributed by atoms with van der Waals surface area (Å²) in [6, 6.07) is 11.8. The number of carbonyl (C=O) groups excluding carboxylic acids is 1.